The summed E-state index contributed by atoms with van der Waals surface area (Å²) in [4.78, 5) is 12.9. The lowest BCUT2D eigenvalue weighted by Crippen LogP contribution is -2.65. The lowest BCUT2D eigenvalue weighted by molar-refractivity contribution is -0.196. The third-order valence-corrected chi connectivity index (χ3v) is 9.35. The fourth-order valence-electron chi connectivity index (χ4n) is 8.68. The largest absolute Gasteiger partial charge is 0.481 e. The van der Waals surface area contributed by atoms with Crippen molar-refractivity contribution >= 4 is 5.97 Å². The predicted octanol–water partition coefficient (Wildman–Crippen LogP) is 3.77. The predicted molar refractivity (Wildman–Crippen MR) is 90.7 cm³/mol. The summed E-state index contributed by atoms with van der Waals surface area (Å²) in [6.07, 6.45) is 5.77. The average molecular weight is 319 g/mol. The summed E-state index contributed by atoms with van der Waals surface area (Å²) in [5.41, 5.74) is 5.66. The van der Waals surface area contributed by atoms with Gasteiger partial charge in [0.25, 0.3) is 0 Å². The van der Waals surface area contributed by atoms with Crippen molar-refractivity contribution in [1.29, 1.82) is 0 Å². The molecule has 4 bridgehead atoms. The average Bonchev–Trinajstić information content (AvgIpc) is 3.03. The van der Waals surface area contributed by atoms with Crippen LogP contribution in [0.2, 0.25) is 0 Å². The highest BCUT2D eigenvalue weighted by Gasteiger charge is 2.84. The summed E-state index contributed by atoms with van der Waals surface area (Å²) in [6, 6.07) is 0. The maximum Gasteiger partial charge on any atom is 0.311 e. The lowest BCUT2D eigenvalue weighted by atomic mass is 9.41. The fourth-order valence-corrected chi connectivity index (χ4v) is 8.68. The Hall–Kier alpha value is -0.570. The van der Waals surface area contributed by atoms with E-state index in [-0.39, 0.29) is 10.8 Å². The molecule has 4 aliphatic rings. The molecule has 1 unspecified atom stereocenters. The third kappa shape index (κ3) is 1.42. The molecule has 3 heteroatoms. The van der Waals surface area contributed by atoms with Crippen LogP contribution in [0.5, 0.6) is 0 Å². The van der Waals surface area contributed by atoms with Crippen LogP contribution in [0.4, 0.5) is 0 Å². The van der Waals surface area contributed by atoms with Gasteiger partial charge in [0, 0.05) is 5.41 Å². The molecule has 0 saturated heterocycles. The van der Waals surface area contributed by atoms with E-state index < -0.39 is 11.4 Å². The first-order valence-corrected chi connectivity index (χ1v) is 9.69. The molecule has 4 rings (SSSR count). The van der Waals surface area contributed by atoms with Crippen molar-refractivity contribution in [3.63, 3.8) is 0 Å². The van der Waals surface area contributed by atoms with Gasteiger partial charge in [0.1, 0.15) is 0 Å². The summed E-state index contributed by atoms with van der Waals surface area (Å²) in [5.74, 6) is 2.74. The van der Waals surface area contributed by atoms with Crippen LogP contribution in [0.25, 0.3) is 0 Å². The molecule has 4 fully saturated rings. The number of fused-ring (bicyclic) bond motifs is 2. The van der Waals surface area contributed by atoms with Crippen molar-refractivity contribution in [2.45, 2.75) is 59.8 Å². The Labute approximate surface area is 140 Å². The van der Waals surface area contributed by atoms with Crippen LogP contribution in [0.3, 0.4) is 0 Å². The molecule has 23 heavy (non-hydrogen) atoms. The first kappa shape index (κ1) is 15.9. The molecular formula is C20H33NO2. The van der Waals surface area contributed by atoms with Crippen molar-refractivity contribution in [2.24, 2.45) is 57.5 Å². The highest BCUT2D eigenvalue weighted by molar-refractivity contribution is 5.80. The standard InChI is InChI=1S/C20H33NO2/c1-11(2)16-7-13-8-19(10-21)15-6-5-12(3)14(15)9-18(13,4)20(16,19)17(22)23/h11-16H,5-10,21H2,1-4H3,(H,22,23)/t12-,13+,14-,15-,16?,18-,19+,20-/m1/s1. The van der Waals surface area contributed by atoms with Crippen LogP contribution in [0.15, 0.2) is 0 Å². The Morgan fingerprint density at radius 2 is 2.00 bits per heavy atom. The van der Waals surface area contributed by atoms with Gasteiger partial charge in [-0.05, 0) is 73.2 Å². The molecule has 3 N–H and O–H groups in total. The first-order chi connectivity index (χ1) is 10.8. The Bertz CT molecular complexity index is 546. The second-order valence-corrected chi connectivity index (χ2v) is 9.91. The Morgan fingerprint density at radius 3 is 2.57 bits per heavy atom. The van der Waals surface area contributed by atoms with Crippen molar-refractivity contribution in [3.8, 4) is 0 Å². The van der Waals surface area contributed by atoms with Crippen LogP contribution in [-0.4, -0.2) is 17.6 Å². The van der Waals surface area contributed by atoms with Gasteiger partial charge in [0.05, 0.1) is 5.41 Å². The first-order valence-electron chi connectivity index (χ1n) is 9.69. The Kier molecular flexibility index (Phi) is 3.14. The van der Waals surface area contributed by atoms with Gasteiger partial charge in [-0.1, -0.05) is 34.1 Å². The van der Waals surface area contributed by atoms with Crippen LogP contribution >= 0.6 is 0 Å². The number of hydrogen-bond acceptors (Lipinski definition) is 2. The highest BCUT2D eigenvalue weighted by atomic mass is 16.4. The number of carboxylic acids is 1. The summed E-state index contributed by atoms with van der Waals surface area (Å²) in [7, 11) is 0. The van der Waals surface area contributed by atoms with Gasteiger partial charge >= 0.3 is 5.97 Å². The number of hydrogen-bond donors (Lipinski definition) is 2. The molecule has 0 aromatic rings. The molecule has 0 spiro atoms. The number of carboxylic acid groups (broad SMARTS) is 1. The second kappa shape index (κ2) is 4.53. The molecule has 0 aliphatic heterocycles. The third-order valence-electron chi connectivity index (χ3n) is 9.35. The molecule has 130 valence electrons. The van der Waals surface area contributed by atoms with E-state index in [0.717, 1.165) is 25.2 Å². The zero-order valence-corrected chi connectivity index (χ0v) is 15.1. The monoisotopic (exact) mass is 319 g/mol. The van der Waals surface area contributed by atoms with Gasteiger partial charge in [-0.3, -0.25) is 4.79 Å². The minimum atomic E-state index is -0.585. The highest BCUT2D eigenvalue weighted by Crippen LogP contribution is 2.84. The molecule has 8 atom stereocenters. The van der Waals surface area contributed by atoms with E-state index in [0.29, 0.717) is 36.1 Å². The number of carbonyl (C=O) groups is 1. The van der Waals surface area contributed by atoms with Crippen LogP contribution in [0.1, 0.15) is 59.8 Å². The molecule has 0 aromatic heterocycles. The molecule has 4 saturated carbocycles. The SMILES string of the molecule is CC(C)C1C[C@H]2C[C@]3(CN)[C@@H]4CC[C@@H](C)[C@H]4C[C@@]2(C)[C@]13C(=O)O. The smallest absolute Gasteiger partial charge is 0.311 e. The topological polar surface area (TPSA) is 63.3 Å². The maximum atomic E-state index is 12.9. The van der Waals surface area contributed by atoms with Gasteiger partial charge in [-0.15, -0.1) is 0 Å². The van der Waals surface area contributed by atoms with Crippen LogP contribution in [-0.2, 0) is 4.79 Å². The van der Waals surface area contributed by atoms with E-state index in [2.05, 4.69) is 27.7 Å². The normalized spacial score (nSPS) is 57.0. The maximum absolute atomic E-state index is 12.9. The number of rotatable bonds is 3. The Morgan fingerprint density at radius 1 is 1.30 bits per heavy atom. The Balaban J connectivity index is 1.96. The molecule has 3 nitrogen and oxygen atoms in total. The van der Waals surface area contributed by atoms with Crippen LogP contribution in [0, 0.1) is 51.8 Å². The van der Waals surface area contributed by atoms with Crippen molar-refractivity contribution < 1.29 is 9.90 Å². The summed E-state index contributed by atoms with van der Waals surface area (Å²) >= 11 is 0. The van der Waals surface area contributed by atoms with Crippen molar-refractivity contribution in [2.75, 3.05) is 6.54 Å². The van der Waals surface area contributed by atoms with Gasteiger partial charge in [0.15, 0.2) is 0 Å². The van der Waals surface area contributed by atoms with Gasteiger partial charge in [0.2, 0.25) is 0 Å². The van der Waals surface area contributed by atoms with E-state index in [1.54, 1.807) is 0 Å². The van der Waals surface area contributed by atoms with Gasteiger partial charge in [-0.25, -0.2) is 0 Å². The quantitative estimate of drug-likeness (QED) is 0.832. The summed E-state index contributed by atoms with van der Waals surface area (Å²) < 4.78 is 0. The fraction of sp³-hybridized carbons (Fsp3) is 0.950. The summed E-state index contributed by atoms with van der Waals surface area (Å²) in [5, 5.41) is 10.6. The van der Waals surface area contributed by atoms with Crippen molar-refractivity contribution in [1.82, 2.24) is 0 Å². The van der Waals surface area contributed by atoms with E-state index >= 15 is 0 Å². The van der Waals surface area contributed by atoms with E-state index in [1.165, 1.54) is 12.8 Å². The van der Waals surface area contributed by atoms with Gasteiger partial charge < -0.3 is 10.8 Å². The van der Waals surface area contributed by atoms with E-state index in [1.807, 2.05) is 0 Å². The number of aliphatic carboxylic acids is 1. The minimum Gasteiger partial charge on any atom is -0.481 e. The van der Waals surface area contributed by atoms with E-state index in [4.69, 9.17) is 5.73 Å². The van der Waals surface area contributed by atoms with E-state index in [9.17, 15) is 9.90 Å². The second-order valence-electron chi connectivity index (χ2n) is 9.91. The van der Waals surface area contributed by atoms with Crippen LogP contribution < -0.4 is 5.73 Å². The van der Waals surface area contributed by atoms with Gasteiger partial charge in [-0.2, -0.15) is 0 Å². The number of nitrogens with two attached hydrogens (primary N) is 1. The minimum absolute atomic E-state index is 0.0487. The summed E-state index contributed by atoms with van der Waals surface area (Å²) in [6.45, 7) is 9.75. The molecule has 4 aliphatic carbocycles. The molecule has 0 aromatic carbocycles. The van der Waals surface area contributed by atoms with Crippen molar-refractivity contribution in [3.05, 3.63) is 0 Å². The zero-order valence-electron chi connectivity index (χ0n) is 15.1. The zero-order chi connectivity index (χ0) is 16.8. The molecular weight excluding hydrogens is 286 g/mol. The molecule has 0 radical (unpaired) electrons. The molecule has 0 amide bonds. The lowest BCUT2D eigenvalue weighted by Gasteiger charge is -2.61. The molecule has 0 heterocycles.